The van der Waals surface area contributed by atoms with Crippen LogP contribution in [0, 0.1) is 11.3 Å². The third-order valence-electron chi connectivity index (χ3n) is 3.97. The van der Waals surface area contributed by atoms with E-state index in [1.807, 2.05) is 18.2 Å². The molecule has 2 heterocycles. The minimum Gasteiger partial charge on any atom is -0.490 e. The van der Waals surface area contributed by atoms with Crippen LogP contribution in [0.15, 0.2) is 18.2 Å². The molecule has 0 aliphatic carbocycles. The van der Waals surface area contributed by atoms with E-state index in [1.165, 1.54) is 19.3 Å². The Balaban J connectivity index is 1.84. The maximum Gasteiger partial charge on any atom is 0.161 e. The average molecular weight is 272 g/mol. The second kappa shape index (κ2) is 6.15. The van der Waals surface area contributed by atoms with E-state index in [0.717, 1.165) is 36.6 Å². The number of piperidine rings is 1. The van der Waals surface area contributed by atoms with Gasteiger partial charge >= 0.3 is 0 Å². The number of fused-ring (bicyclic) bond motifs is 1. The molecule has 1 aromatic carbocycles. The molecular weight excluding hydrogens is 252 g/mol. The zero-order valence-corrected chi connectivity index (χ0v) is 11.7. The lowest BCUT2D eigenvalue weighted by Crippen LogP contribution is -2.33. The summed E-state index contributed by atoms with van der Waals surface area (Å²) in [5, 5.41) is 9.53. The number of hydrogen-bond acceptors (Lipinski definition) is 4. The predicted molar refractivity (Wildman–Crippen MR) is 75.8 cm³/mol. The maximum absolute atomic E-state index is 9.53. The Labute approximate surface area is 119 Å². The summed E-state index contributed by atoms with van der Waals surface area (Å²) in [7, 11) is 0. The monoisotopic (exact) mass is 272 g/mol. The summed E-state index contributed by atoms with van der Waals surface area (Å²) in [4.78, 5) is 2.27. The molecule has 20 heavy (non-hydrogen) atoms. The van der Waals surface area contributed by atoms with Crippen molar-refractivity contribution in [3.8, 4) is 17.6 Å². The van der Waals surface area contributed by atoms with Gasteiger partial charge in [0, 0.05) is 6.42 Å². The van der Waals surface area contributed by atoms with Crippen LogP contribution in [-0.4, -0.2) is 31.2 Å². The molecule has 0 radical (unpaired) electrons. The standard InChI is InChI=1S/C16H20N2O2/c17-12-14(18-7-2-1-3-8-18)13-5-6-15-16(11-13)20-10-4-9-19-15/h5-6,11,14H,1-4,7-10H2. The summed E-state index contributed by atoms with van der Waals surface area (Å²) in [6, 6.07) is 8.17. The fourth-order valence-electron chi connectivity index (χ4n) is 2.89. The SMILES string of the molecule is N#CC(c1ccc2c(c1)OCCCO2)N1CCCCC1. The van der Waals surface area contributed by atoms with Crippen molar-refractivity contribution < 1.29 is 9.47 Å². The van der Waals surface area contributed by atoms with Crippen LogP contribution in [0.2, 0.25) is 0 Å². The molecular formula is C16H20N2O2. The predicted octanol–water partition coefficient (Wildman–Crippen LogP) is 2.90. The number of nitriles is 1. The van der Waals surface area contributed by atoms with Gasteiger partial charge in [-0.05, 0) is 43.6 Å². The Bertz CT molecular complexity index is 504. The third kappa shape index (κ3) is 2.73. The first-order chi connectivity index (χ1) is 9.88. The van der Waals surface area contributed by atoms with Gasteiger partial charge in [-0.15, -0.1) is 0 Å². The lowest BCUT2D eigenvalue weighted by molar-refractivity contribution is 0.195. The highest BCUT2D eigenvalue weighted by Crippen LogP contribution is 2.34. The van der Waals surface area contributed by atoms with Gasteiger partial charge in [0.1, 0.15) is 6.04 Å². The first kappa shape index (κ1) is 13.3. The van der Waals surface area contributed by atoms with Gasteiger partial charge in [-0.3, -0.25) is 4.90 Å². The Morgan fingerprint density at radius 1 is 1.00 bits per heavy atom. The van der Waals surface area contributed by atoms with Crippen molar-refractivity contribution in [2.45, 2.75) is 31.7 Å². The molecule has 2 aliphatic rings. The Hall–Kier alpha value is -1.73. The van der Waals surface area contributed by atoms with Crippen LogP contribution in [0.25, 0.3) is 0 Å². The molecule has 1 atom stereocenters. The van der Waals surface area contributed by atoms with Crippen LogP contribution >= 0.6 is 0 Å². The summed E-state index contributed by atoms with van der Waals surface area (Å²) in [6.07, 6.45) is 4.54. The van der Waals surface area contributed by atoms with Crippen molar-refractivity contribution in [3.63, 3.8) is 0 Å². The topological polar surface area (TPSA) is 45.5 Å². The first-order valence-corrected chi connectivity index (χ1v) is 7.42. The van der Waals surface area contributed by atoms with E-state index in [9.17, 15) is 5.26 Å². The molecule has 0 spiro atoms. The van der Waals surface area contributed by atoms with Crippen molar-refractivity contribution in [2.24, 2.45) is 0 Å². The summed E-state index contributed by atoms with van der Waals surface area (Å²) >= 11 is 0. The number of nitrogens with zero attached hydrogens (tertiary/aromatic N) is 2. The minimum absolute atomic E-state index is 0.174. The van der Waals surface area contributed by atoms with Gasteiger partial charge in [-0.2, -0.15) is 5.26 Å². The second-order valence-electron chi connectivity index (χ2n) is 5.38. The molecule has 0 aromatic heterocycles. The molecule has 4 nitrogen and oxygen atoms in total. The van der Waals surface area contributed by atoms with Crippen LogP contribution in [0.3, 0.4) is 0 Å². The number of hydrogen-bond donors (Lipinski definition) is 0. The van der Waals surface area contributed by atoms with E-state index in [4.69, 9.17) is 9.47 Å². The quantitative estimate of drug-likeness (QED) is 0.830. The van der Waals surface area contributed by atoms with E-state index >= 15 is 0 Å². The van der Waals surface area contributed by atoms with E-state index in [-0.39, 0.29) is 6.04 Å². The highest BCUT2D eigenvalue weighted by atomic mass is 16.5. The molecule has 3 rings (SSSR count). The fraction of sp³-hybridized carbons (Fsp3) is 0.562. The van der Waals surface area contributed by atoms with Gasteiger partial charge in [0.15, 0.2) is 11.5 Å². The lowest BCUT2D eigenvalue weighted by Gasteiger charge is -2.30. The van der Waals surface area contributed by atoms with Gasteiger partial charge in [0.05, 0.1) is 19.3 Å². The lowest BCUT2D eigenvalue weighted by atomic mass is 10.0. The smallest absolute Gasteiger partial charge is 0.161 e. The van der Waals surface area contributed by atoms with Gasteiger partial charge in [0.25, 0.3) is 0 Å². The zero-order chi connectivity index (χ0) is 13.8. The molecule has 1 fully saturated rings. The van der Waals surface area contributed by atoms with E-state index in [1.54, 1.807) is 0 Å². The highest BCUT2D eigenvalue weighted by molar-refractivity contribution is 5.45. The number of ether oxygens (including phenoxy) is 2. The molecule has 0 bridgehead atoms. The molecule has 1 saturated heterocycles. The zero-order valence-electron chi connectivity index (χ0n) is 11.7. The van der Waals surface area contributed by atoms with Crippen molar-refractivity contribution >= 4 is 0 Å². The van der Waals surface area contributed by atoms with Crippen molar-refractivity contribution in [1.29, 1.82) is 5.26 Å². The Kier molecular flexibility index (Phi) is 4.08. The summed E-state index contributed by atoms with van der Waals surface area (Å²) in [6.45, 7) is 3.39. The molecule has 1 aromatic rings. The molecule has 4 heteroatoms. The molecule has 0 saturated carbocycles. The second-order valence-corrected chi connectivity index (χ2v) is 5.38. The number of likely N-dealkylation sites (tertiary alicyclic amines) is 1. The van der Waals surface area contributed by atoms with Crippen molar-refractivity contribution in [2.75, 3.05) is 26.3 Å². The molecule has 106 valence electrons. The summed E-state index contributed by atoms with van der Waals surface area (Å²) in [5.41, 5.74) is 1.01. The molecule has 0 amide bonds. The van der Waals surface area contributed by atoms with Crippen LogP contribution in [0.1, 0.15) is 37.3 Å². The Morgan fingerprint density at radius 2 is 1.75 bits per heavy atom. The van der Waals surface area contributed by atoms with Gasteiger partial charge in [-0.25, -0.2) is 0 Å². The van der Waals surface area contributed by atoms with Crippen LogP contribution in [0.4, 0.5) is 0 Å². The van der Waals surface area contributed by atoms with Crippen molar-refractivity contribution in [3.05, 3.63) is 23.8 Å². The van der Waals surface area contributed by atoms with Gasteiger partial charge in [0.2, 0.25) is 0 Å². The van der Waals surface area contributed by atoms with Crippen LogP contribution in [0.5, 0.6) is 11.5 Å². The molecule has 1 unspecified atom stereocenters. The van der Waals surface area contributed by atoms with Crippen molar-refractivity contribution in [1.82, 2.24) is 4.90 Å². The van der Waals surface area contributed by atoms with Gasteiger partial charge in [-0.1, -0.05) is 12.5 Å². The van der Waals surface area contributed by atoms with Gasteiger partial charge < -0.3 is 9.47 Å². The summed E-state index contributed by atoms with van der Waals surface area (Å²) in [5.74, 6) is 1.57. The molecule has 2 aliphatic heterocycles. The minimum atomic E-state index is -0.174. The van der Waals surface area contributed by atoms with E-state index in [0.29, 0.717) is 13.2 Å². The maximum atomic E-state index is 9.53. The summed E-state index contributed by atoms with van der Waals surface area (Å²) < 4.78 is 11.4. The number of rotatable bonds is 2. The average Bonchev–Trinajstić information content (AvgIpc) is 2.74. The largest absolute Gasteiger partial charge is 0.490 e. The van der Waals surface area contributed by atoms with Crippen LogP contribution in [-0.2, 0) is 0 Å². The first-order valence-electron chi connectivity index (χ1n) is 7.42. The van der Waals surface area contributed by atoms with Crippen LogP contribution < -0.4 is 9.47 Å². The fourth-order valence-corrected chi connectivity index (χ4v) is 2.89. The normalized spacial score (nSPS) is 20.8. The Morgan fingerprint density at radius 3 is 2.50 bits per heavy atom. The number of benzene rings is 1. The molecule has 0 N–H and O–H groups in total. The van der Waals surface area contributed by atoms with E-state index in [2.05, 4.69) is 11.0 Å². The van der Waals surface area contributed by atoms with E-state index < -0.39 is 0 Å². The third-order valence-corrected chi connectivity index (χ3v) is 3.97. The highest BCUT2D eigenvalue weighted by Gasteiger charge is 2.23.